The van der Waals surface area contributed by atoms with Crippen molar-refractivity contribution >= 4 is 23.5 Å². The molecule has 2 aromatic heterocycles. The number of carbonyl (C=O) groups is 3. The lowest BCUT2D eigenvalue weighted by molar-refractivity contribution is -0.143. The van der Waals surface area contributed by atoms with E-state index in [1.807, 2.05) is 12.1 Å². The van der Waals surface area contributed by atoms with Crippen LogP contribution < -0.4 is 10.2 Å². The average Bonchev–Trinajstić information content (AvgIpc) is 3.36. The number of aromatic nitrogens is 2. The van der Waals surface area contributed by atoms with Crippen molar-refractivity contribution in [1.82, 2.24) is 15.3 Å². The molecule has 1 N–H and O–H groups in total. The molecule has 0 saturated heterocycles. The van der Waals surface area contributed by atoms with Gasteiger partial charge in [-0.05, 0) is 36.1 Å². The second kappa shape index (κ2) is 10.7. The summed E-state index contributed by atoms with van der Waals surface area (Å²) in [6.07, 6.45) is 5.43. The Kier molecular flexibility index (Phi) is 7.78. The number of hydrogen-bond donors (Lipinski definition) is 1. The molecule has 0 bridgehead atoms. The van der Waals surface area contributed by atoms with Crippen LogP contribution in [0.4, 0.5) is 5.69 Å². The van der Waals surface area contributed by atoms with Crippen LogP contribution in [0, 0.1) is 0 Å². The van der Waals surface area contributed by atoms with Gasteiger partial charge in [0.2, 0.25) is 5.91 Å². The van der Waals surface area contributed by atoms with Crippen molar-refractivity contribution < 1.29 is 23.5 Å². The van der Waals surface area contributed by atoms with E-state index in [0.29, 0.717) is 11.3 Å². The minimum Gasteiger partial charge on any atom is -0.465 e. The van der Waals surface area contributed by atoms with E-state index >= 15 is 0 Å². The summed E-state index contributed by atoms with van der Waals surface area (Å²) in [4.78, 5) is 48.2. The Bertz CT molecular complexity index is 1110. The van der Waals surface area contributed by atoms with Gasteiger partial charge in [0.05, 0.1) is 6.61 Å². The van der Waals surface area contributed by atoms with Crippen molar-refractivity contribution in [1.29, 1.82) is 0 Å². The Morgan fingerprint density at radius 3 is 2.44 bits per heavy atom. The molecule has 0 radical (unpaired) electrons. The number of ether oxygens (including phenoxy) is 1. The lowest BCUT2D eigenvalue weighted by atomic mass is 9.87. The van der Waals surface area contributed by atoms with Crippen molar-refractivity contribution in [2.45, 2.75) is 39.2 Å². The van der Waals surface area contributed by atoms with Gasteiger partial charge in [-0.25, -0.2) is 4.98 Å². The van der Waals surface area contributed by atoms with E-state index < -0.39 is 23.8 Å². The van der Waals surface area contributed by atoms with E-state index in [0.717, 1.165) is 12.0 Å². The lowest BCUT2D eigenvalue weighted by Crippen LogP contribution is -2.45. The number of pyridine rings is 1. The molecule has 0 aliphatic heterocycles. The number of esters is 1. The summed E-state index contributed by atoms with van der Waals surface area (Å²) in [5, 5.41) is 2.57. The highest BCUT2D eigenvalue weighted by Crippen LogP contribution is 2.31. The second-order valence-electron chi connectivity index (χ2n) is 8.56. The van der Waals surface area contributed by atoms with Gasteiger partial charge in [-0.3, -0.25) is 24.3 Å². The van der Waals surface area contributed by atoms with Crippen LogP contribution in [0.25, 0.3) is 0 Å². The first-order valence-corrected chi connectivity index (χ1v) is 10.9. The number of anilines is 1. The number of hydrogen-bond acceptors (Lipinski definition) is 7. The zero-order chi connectivity index (χ0) is 24.7. The number of benzene rings is 1. The largest absolute Gasteiger partial charge is 0.465 e. The molecule has 1 aromatic carbocycles. The van der Waals surface area contributed by atoms with E-state index in [9.17, 15) is 14.4 Å². The van der Waals surface area contributed by atoms with Gasteiger partial charge in [-0.15, -0.1) is 0 Å². The topological polar surface area (TPSA) is 115 Å². The van der Waals surface area contributed by atoms with Gasteiger partial charge in [-0.1, -0.05) is 39.0 Å². The van der Waals surface area contributed by atoms with Gasteiger partial charge in [-0.2, -0.15) is 0 Å². The predicted molar refractivity (Wildman–Crippen MR) is 125 cm³/mol. The summed E-state index contributed by atoms with van der Waals surface area (Å²) in [6.45, 7) is 7.79. The van der Waals surface area contributed by atoms with Crippen LogP contribution in [0.2, 0.25) is 0 Å². The molecule has 0 aliphatic carbocycles. The molecular formula is C25H28N4O5. The normalized spacial score (nSPS) is 12.0. The second-order valence-corrected chi connectivity index (χ2v) is 8.56. The summed E-state index contributed by atoms with van der Waals surface area (Å²) in [5.74, 6) is -1.69. The Hall–Kier alpha value is -4.01. The molecular weight excluding hydrogens is 436 g/mol. The first-order valence-electron chi connectivity index (χ1n) is 10.9. The first-order chi connectivity index (χ1) is 16.2. The van der Waals surface area contributed by atoms with Crippen molar-refractivity contribution in [2.75, 3.05) is 18.1 Å². The lowest BCUT2D eigenvalue weighted by Gasteiger charge is -2.31. The van der Waals surface area contributed by atoms with Gasteiger partial charge < -0.3 is 14.5 Å². The molecule has 0 spiro atoms. The molecule has 9 nitrogen and oxygen atoms in total. The number of rotatable bonds is 8. The van der Waals surface area contributed by atoms with E-state index in [4.69, 9.17) is 9.15 Å². The smallest absolute Gasteiger partial charge is 0.325 e. The zero-order valence-electron chi connectivity index (χ0n) is 19.6. The minimum absolute atomic E-state index is 0.0342. The molecule has 1 unspecified atom stereocenters. The number of amides is 2. The molecule has 0 fully saturated rings. The van der Waals surface area contributed by atoms with Crippen LogP contribution in [0.1, 0.15) is 55.4 Å². The van der Waals surface area contributed by atoms with Crippen LogP contribution >= 0.6 is 0 Å². The maximum atomic E-state index is 13.6. The molecule has 178 valence electrons. The van der Waals surface area contributed by atoms with Crippen molar-refractivity contribution in [3.8, 4) is 0 Å². The molecule has 34 heavy (non-hydrogen) atoms. The maximum absolute atomic E-state index is 13.6. The highest BCUT2D eigenvalue weighted by molar-refractivity contribution is 6.09. The quantitative estimate of drug-likeness (QED) is 0.508. The first kappa shape index (κ1) is 24.6. The van der Waals surface area contributed by atoms with Crippen LogP contribution in [-0.4, -0.2) is 40.9 Å². The Balaban J connectivity index is 2.07. The predicted octanol–water partition coefficient (Wildman–Crippen LogP) is 3.43. The van der Waals surface area contributed by atoms with Gasteiger partial charge in [0.1, 0.15) is 18.8 Å². The summed E-state index contributed by atoms with van der Waals surface area (Å²) in [7, 11) is 0. The monoisotopic (exact) mass is 464 g/mol. The molecule has 9 heteroatoms. The summed E-state index contributed by atoms with van der Waals surface area (Å²) in [5.41, 5.74) is 1.93. The van der Waals surface area contributed by atoms with E-state index in [2.05, 4.69) is 36.1 Å². The van der Waals surface area contributed by atoms with Crippen LogP contribution in [-0.2, 0) is 19.7 Å². The molecule has 3 rings (SSSR count). The standard InChI is InChI=1S/C25H28N4O5/c1-5-34-21(30)14-27-23(31)22(17-7-6-12-26-13-17)29(24(32)20-15-33-16-28-20)19-10-8-18(9-11-19)25(2,3)4/h6-13,15-16,22H,5,14H2,1-4H3,(H,27,31). The summed E-state index contributed by atoms with van der Waals surface area (Å²) >= 11 is 0. The highest BCUT2D eigenvalue weighted by atomic mass is 16.5. The molecule has 0 aliphatic rings. The highest BCUT2D eigenvalue weighted by Gasteiger charge is 2.35. The zero-order valence-corrected chi connectivity index (χ0v) is 19.6. The molecule has 2 amide bonds. The van der Waals surface area contributed by atoms with Crippen LogP contribution in [0.5, 0.6) is 0 Å². The third-order valence-electron chi connectivity index (χ3n) is 5.10. The fourth-order valence-corrected chi connectivity index (χ4v) is 3.37. The molecule has 1 atom stereocenters. The van der Waals surface area contributed by atoms with E-state index in [-0.39, 0.29) is 24.3 Å². The number of nitrogens with one attached hydrogen (secondary N) is 1. The SMILES string of the molecule is CCOC(=O)CNC(=O)C(c1cccnc1)N(C(=O)c1cocn1)c1ccc(C(C)(C)C)cc1. The fraction of sp³-hybridized carbons (Fsp3) is 0.320. The van der Waals surface area contributed by atoms with E-state index in [1.54, 1.807) is 37.4 Å². The molecule has 0 saturated carbocycles. The number of nitrogens with zero attached hydrogens (tertiary/aromatic N) is 3. The number of oxazole rings is 1. The van der Waals surface area contributed by atoms with Crippen molar-refractivity contribution in [3.05, 3.63) is 78.3 Å². The van der Waals surface area contributed by atoms with Gasteiger partial charge in [0, 0.05) is 23.6 Å². The minimum atomic E-state index is -1.13. The Labute approximate surface area is 198 Å². The average molecular weight is 465 g/mol. The number of carbonyl (C=O) groups excluding carboxylic acids is 3. The van der Waals surface area contributed by atoms with Crippen LogP contribution in [0.15, 0.2) is 65.9 Å². The molecule has 3 aromatic rings. The third kappa shape index (κ3) is 5.86. The summed E-state index contributed by atoms with van der Waals surface area (Å²) in [6, 6.07) is 9.61. The van der Waals surface area contributed by atoms with Crippen molar-refractivity contribution in [2.24, 2.45) is 0 Å². The Morgan fingerprint density at radius 2 is 1.88 bits per heavy atom. The van der Waals surface area contributed by atoms with Crippen LogP contribution in [0.3, 0.4) is 0 Å². The van der Waals surface area contributed by atoms with Crippen molar-refractivity contribution in [3.63, 3.8) is 0 Å². The van der Waals surface area contributed by atoms with E-state index in [1.165, 1.54) is 17.4 Å². The van der Waals surface area contributed by atoms with Gasteiger partial charge >= 0.3 is 5.97 Å². The molecule has 2 heterocycles. The van der Waals surface area contributed by atoms with Gasteiger partial charge in [0.15, 0.2) is 12.1 Å². The maximum Gasteiger partial charge on any atom is 0.325 e. The third-order valence-corrected chi connectivity index (χ3v) is 5.10. The van der Waals surface area contributed by atoms with Gasteiger partial charge in [0.25, 0.3) is 5.91 Å². The summed E-state index contributed by atoms with van der Waals surface area (Å²) < 4.78 is 9.91. The fourth-order valence-electron chi connectivity index (χ4n) is 3.37. The Morgan fingerprint density at radius 1 is 1.15 bits per heavy atom.